The minimum Gasteiger partial charge on any atom is -0.493 e. The highest BCUT2D eigenvalue weighted by atomic mass is 19.1. The van der Waals surface area contributed by atoms with Gasteiger partial charge in [-0.3, -0.25) is 9.59 Å². The molecule has 164 valence electrons. The van der Waals surface area contributed by atoms with Gasteiger partial charge in [0.05, 0.1) is 34.5 Å². The number of halogens is 1. The number of morpholine rings is 1. The molecule has 1 aliphatic heterocycles. The van der Waals surface area contributed by atoms with Crippen LogP contribution in [0.5, 0.6) is 17.2 Å². The van der Waals surface area contributed by atoms with E-state index in [0.717, 1.165) is 0 Å². The monoisotopic (exact) mass is 429 g/mol. The maximum atomic E-state index is 13.9. The molecule has 3 rings (SSSR count). The van der Waals surface area contributed by atoms with E-state index >= 15 is 0 Å². The third kappa shape index (κ3) is 5.03. The molecule has 7 nitrogen and oxygen atoms in total. The SMILES string of the molecule is COc1cc(C(=O)/C=C/c2ccc(F)cc2C(=O)N2CCOCC2)cc(OC)c1OC. The largest absolute Gasteiger partial charge is 0.493 e. The number of nitrogens with zero attached hydrogens (tertiary/aromatic N) is 1. The van der Waals surface area contributed by atoms with Crippen LogP contribution in [-0.4, -0.2) is 64.2 Å². The molecule has 0 atom stereocenters. The van der Waals surface area contributed by atoms with Crippen molar-refractivity contribution in [2.45, 2.75) is 0 Å². The average molecular weight is 429 g/mol. The fourth-order valence-corrected chi connectivity index (χ4v) is 3.28. The van der Waals surface area contributed by atoms with E-state index in [1.807, 2.05) is 0 Å². The summed E-state index contributed by atoms with van der Waals surface area (Å²) in [5.41, 5.74) is 0.948. The van der Waals surface area contributed by atoms with Gasteiger partial charge in [-0.2, -0.15) is 0 Å². The number of methoxy groups -OCH3 is 3. The molecule has 0 aromatic heterocycles. The lowest BCUT2D eigenvalue weighted by atomic mass is 10.0. The molecule has 0 spiro atoms. The Morgan fingerprint density at radius 3 is 2.23 bits per heavy atom. The zero-order chi connectivity index (χ0) is 22.4. The minimum absolute atomic E-state index is 0.191. The van der Waals surface area contributed by atoms with Gasteiger partial charge in [-0.25, -0.2) is 4.39 Å². The Kier molecular flexibility index (Phi) is 7.25. The molecule has 0 N–H and O–H groups in total. The first-order valence-electron chi connectivity index (χ1n) is 9.67. The van der Waals surface area contributed by atoms with Gasteiger partial charge in [0.15, 0.2) is 17.3 Å². The molecule has 31 heavy (non-hydrogen) atoms. The molecule has 1 saturated heterocycles. The van der Waals surface area contributed by atoms with E-state index in [0.29, 0.717) is 54.7 Å². The van der Waals surface area contributed by atoms with Gasteiger partial charge < -0.3 is 23.8 Å². The summed E-state index contributed by atoms with van der Waals surface area (Å²) in [5, 5.41) is 0. The summed E-state index contributed by atoms with van der Waals surface area (Å²) in [6, 6.07) is 6.99. The third-order valence-electron chi connectivity index (χ3n) is 4.91. The Balaban J connectivity index is 1.90. The van der Waals surface area contributed by atoms with E-state index in [1.165, 1.54) is 51.7 Å². The molecule has 1 aliphatic rings. The summed E-state index contributed by atoms with van der Waals surface area (Å²) in [6.07, 6.45) is 2.82. The molecule has 0 bridgehead atoms. The minimum atomic E-state index is -0.523. The fraction of sp³-hybridized carbons (Fsp3) is 0.304. The Hall–Kier alpha value is -3.39. The van der Waals surface area contributed by atoms with E-state index in [4.69, 9.17) is 18.9 Å². The molecule has 2 aromatic rings. The molecule has 1 fully saturated rings. The maximum Gasteiger partial charge on any atom is 0.254 e. The number of ether oxygens (including phenoxy) is 4. The molecule has 8 heteroatoms. The molecule has 1 heterocycles. The van der Waals surface area contributed by atoms with Crippen LogP contribution in [0.3, 0.4) is 0 Å². The highest BCUT2D eigenvalue weighted by Crippen LogP contribution is 2.38. The summed E-state index contributed by atoms with van der Waals surface area (Å²) in [4.78, 5) is 27.2. The van der Waals surface area contributed by atoms with Gasteiger partial charge in [0, 0.05) is 24.2 Å². The number of amides is 1. The molecule has 0 radical (unpaired) electrons. The molecule has 0 aliphatic carbocycles. The maximum absolute atomic E-state index is 13.9. The number of carbonyl (C=O) groups is 2. The number of rotatable bonds is 7. The summed E-state index contributed by atoms with van der Waals surface area (Å²) in [5.74, 6) is -0.0876. The van der Waals surface area contributed by atoms with Gasteiger partial charge in [-0.05, 0) is 35.9 Å². The number of carbonyl (C=O) groups excluding carboxylic acids is 2. The Morgan fingerprint density at radius 2 is 1.65 bits per heavy atom. The second-order valence-corrected chi connectivity index (χ2v) is 6.75. The first kappa shape index (κ1) is 22.3. The van der Waals surface area contributed by atoms with Crippen molar-refractivity contribution in [1.82, 2.24) is 4.90 Å². The van der Waals surface area contributed by atoms with Crippen molar-refractivity contribution in [3.63, 3.8) is 0 Å². The lowest BCUT2D eigenvalue weighted by Crippen LogP contribution is -2.41. The summed E-state index contributed by atoms with van der Waals surface area (Å²) < 4.78 is 34.9. The van der Waals surface area contributed by atoms with Crippen molar-refractivity contribution in [2.24, 2.45) is 0 Å². The van der Waals surface area contributed by atoms with Crippen LogP contribution < -0.4 is 14.2 Å². The zero-order valence-corrected chi connectivity index (χ0v) is 17.6. The third-order valence-corrected chi connectivity index (χ3v) is 4.91. The second-order valence-electron chi connectivity index (χ2n) is 6.75. The van der Waals surface area contributed by atoms with Crippen LogP contribution >= 0.6 is 0 Å². The van der Waals surface area contributed by atoms with E-state index < -0.39 is 5.82 Å². The first-order valence-corrected chi connectivity index (χ1v) is 9.67. The molecule has 2 aromatic carbocycles. The highest BCUT2D eigenvalue weighted by Gasteiger charge is 2.21. The topological polar surface area (TPSA) is 74.3 Å². The lowest BCUT2D eigenvalue weighted by molar-refractivity contribution is 0.0302. The number of allylic oxidation sites excluding steroid dienone is 1. The summed E-state index contributed by atoms with van der Waals surface area (Å²) in [6.45, 7) is 1.74. The molecular formula is C23H24FNO6. The van der Waals surface area contributed by atoms with Crippen molar-refractivity contribution >= 4 is 17.8 Å². The normalized spacial score (nSPS) is 13.9. The van der Waals surface area contributed by atoms with Crippen LogP contribution in [-0.2, 0) is 4.74 Å². The van der Waals surface area contributed by atoms with Gasteiger partial charge in [0.1, 0.15) is 5.82 Å². The first-order chi connectivity index (χ1) is 15.0. The quantitative estimate of drug-likeness (QED) is 0.497. The summed E-state index contributed by atoms with van der Waals surface area (Å²) >= 11 is 0. The number of hydrogen-bond acceptors (Lipinski definition) is 6. The Morgan fingerprint density at radius 1 is 1.00 bits per heavy atom. The van der Waals surface area contributed by atoms with Gasteiger partial charge in [0.2, 0.25) is 5.75 Å². The summed E-state index contributed by atoms with van der Waals surface area (Å²) in [7, 11) is 4.40. The molecule has 1 amide bonds. The van der Waals surface area contributed by atoms with Gasteiger partial charge in [0.25, 0.3) is 5.91 Å². The molecular weight excluding hydrogens is 405 g/mol. The van der Waals surface area contributed by atoms with Crippen molar-refractivity contribution in [3.8, 4) is 17.2 Å². The fourth-order valence-electron chi connectivity index (χ4n) is 3.28. The Labute approximate surface area is 180 Å². The van der Waals surface area contributed by atoms with Crippen LogP contribution in [0.25, 0.3) is 6.08 Å². The smallest absolute Gasteiger partial charge is 0.254 e. The van der Waals surface area contributed by atoms with Gasteiger partial charge >= 0.3 is 0 Å². The van der Waals surface area contributed by atoms with E-state index in [2.05, 4.69) is 0 Å². The highest BCUT2D eigenvalue weighted by molar-refractivity contribution is 6.08. The number of benzene rings is 2. The van der Waals surface area contributed by atoms with Crippen molar-refractivity contribution < 1.29 is 32.9 Å². The van der Waals surface area contributed by atoms with E-state index in [1.54, 1.807) is 17.0 Å². The predicted molar refractivity (Wildman–Crippen MR) is 113 cm³/mol. The van der Waals surface area contributed by atoms with Crippen LogP contribution in [0.1, 0.15) is 26.3 Å². The van der Waals surface area contributed by atoms with Crippen LogP contribution in [0.2, 0.25) is 0 Å². The Bertz CT molecular complexity index is 973. The number of ketones is 1. The molecule has 0 unspecified atom stereocenters. The zero-order valence-electron chi connectivity index (χ0n) is 17.6. The average Bonchev–Trinajstić information content (AvgIpc) is 2.81. The standard InChI is InChI=1S/C23H24FNO6/c1-28-20-12-16(13-21(29-2)22(20)30-3)19(26)7-5-15-4-6-17(24)14-18(15)23(27)25-8-10-31-11-9-25/h4-7,12-14H,8-11H2,1-3H3/b7-5+. The van der Waals surface area contributed by atoms with Crippen LogP contribution in [0.4, 0.5) is 4.39 Å². The second kappa shape index (κ2) is 10.1. The van der Waals surface area contributed by atoms with E-state index in [-0.39, 0.29) is 17.3 Å². The van der Waals surface area contributed by atoms with Crippen LogP contribution in [0.15, 0.2) is 36.4 Å². The van der Waals surface area contributed by atoms with Crippen LogP contribution in [0, 0.1) is 5.82 Å². The van der Waals surface area contributed by atoms with Gasteiger partial charge in [-0.15, -0.1) is 0 Å². The number of hydrogen-bond donors (Lipinski definition) is 0. The lowest BCUT2D eigenvalue weighted by Gasteiger charge is -2.27. The van der Waals surface area contributed by atoms with Gasteiger partial charge in [-0.1, -0.05) is 12.1 Å². The van der Waals surface area contributed by atoms with Crippen molar-refractivity contribution in [3.05, 3.63) is 58.9 Å². The van der Waals surface area contributed by atoms with Crippen molar-refractivity contribution in [1.29, 1.82) is 0 Å². The van der Waals surface area contributed by atoms with E-state index in [9.17, 15) is 14.0 Å². The predicted octanol–water partition coefficient (Wildman–Crippen LogP) is 3.22. The molecule has 0 saturated carbocycles. The van der Waals surface area contributed by atoms with Crippen molar-refractivity contribution in [2.75, 3.05) is 47.6 Å².